The minimum absolute atomic E-state index is 0.176. The molecule has 0 spiro atoms. The first-order valence-electron chi connectivity index (χ1n) is 8.87. The summed E-state index contributed by atoms with van der Waals surface area (Å²) in [5.74, 6) is 2.16. The molecule has 3 heterocycles. The molecule has 2 N–H and O–H groups in total. The van der Waals surface area contributed by atoms with Crippen molar-refractivity contribution in [3.63, 3.8) is 0 Å². The smallest absolute Gasteiger partial charge is 0.113 e. The summed E-state index contributed by atoms with van der Waals surface area (Å²) in [6, 6.07) is 16.3. The van der Waals surface area contributed by atoms with E-state index in [0.717, 1.165) is 59.6 Å². The zero-order chi connectivity index (χ0) is 16.6. The van der Waals surface area contributed by atoms with Gasteiger partial charge in [-0.05, 0) is 37.1 Å². The van der Waals surface area contributed by atoms with Crippen LogP contribution in [0.25, 0.3) is 22.1 Å². The van der Waals surface area contributed by atoms with Crippen LogP contribution in [-0.4, -0.2) is 32.6 Å². The molecule has 2 aromatic carbocycles. The molecule has 0 amide bonds. The maximum absolute atomic E-state index is 6.01. The third-order valence-electron chi connectivity index (χ3n) is 5.02. The lowest BCUT2D eigenvalue weighted by Gasteiger charge is -2.20. The van der Waals surface area contributed by atoms with Crippen LogP contribution < -0.4 is 0 Å². The maximum Gasteiger partial charge on any atom is 0.113 e. The van der Waals surface area contributed by atoms with E-state index in [1.54, 1.807) is 0 Å². The normalized spacial score (nSPS) is 19.0. The van der Waals surface area contributed by atoms with Gasteiger partial charge < -0.3 is 14.7 Å². The number of aromatic nitrogens is 4. The number of para-hydroxylation sites is 4. The number of nitrogens with zero attached hydrogens (tertiary/aromatic N) is 2. The standard InChI is InChI=1S/C20H20N4O/c1-2-7-15-14(6-1)21-19(22-15)12-13(18-10-5-11-25-18)20-23-16-8-3-4-9-17(16)24-20/h1-4,6-9,13,18H,5,10-12H2,(H,21,22)(H,23,24)/t13-,18+/m1/s1. The molecule has 126 valence electrons. The van der Waals surface area contributed by atoms with Crippen LogP contribution in [-0.2, 0) is 11.2 Å². The van der Waals surface area contributed by atoms with Crippen molar-refractivity contribution in [3.05, 3.63) is 60.2 Å². The Bertz CT molecular complexity index is 947. The molecule has 5 rings (SSSR count). The number of nitrogens with one attached hydrogen (secondary N) is 2. The first-order valence-corrected chi connectivity index (χ1v) is 8.87. The molecule has 2 aromatic heterocycles. The Hall–Kier alpha value is -2.66. The molecule has 0 aliphatic carbocycles. The van der Waals surface area contributed by atoms with Crippen LogP contribution >= 0.6 is 0 Å². The highest BCUT2D eigenvalue weighted by Gasteiger charge is 2.30. The van der Waals surface area contributed by atoms with Gasteiger partial charge in [-0.25, -0.2) is 9.97 Å². The first-order chi connectivity index (χ1) is 12.4. The summed E-state index contributed by atoms with van der Waals surface area (Å²) in [5.41, 5.74) is 4.16. The van der Waals surface area contributed by atoms with Crippen molar-refractivity contribution in [1.29, 1.82) is 0 Å². The molecule has 0 saturated carbocycles. The van der Waals surface area contributed by atoms with E-state index >= 15 is 0 Å². The second-order valence-electron chi connectivity index (χ2n) is 6.70. The number of aromatic amines is 2. The fourth-order valence-corrected chi connectivity index (χ4v) is 3.78. The second-order valence-corrected chi connectivity index (χ2v) is 6.70. The van der Waals surface area contributed by atoms with E-state index < -0.39 is 0 Å². The summed E-state index contributed by atoms with van der Waals surface area (Å²) in [6.45, 7) is 0.835. The van der Waals surface area contributed by atoms with Crippen molar-refractivity contribution in [2.75, 3.05) is 6.61 Å². The van der Waals surface area contributed by atoms with E-state index in [0.29, 0.717) is 0 Å². The van der Waals surface area contributed by atoms with E-state index in [4.69, 9.17) is 14.7 Å². The highest BCUT2D eigenvalue weighted by molar-refractivity contribution is 5.75. The average Bonchev–Trinajstić information content (AvgIpc) is 3.37. The van der Waals surface area contributed by atoms with E-state index in [9.17, 15) is 0 Å². The summed E-state index contributed by atoms with van der Waals surface area (Å²) in [7, 11) is 0. The van der Waals surface area contributed by atoms with Gasteiger partial charge in [-0.3, -0.25) is 0 Å². The minimum Gasteiger partial charge on any atom is -0.377 e. The Kier molecular flexibility index (Phi) is 3.52. The van der Waals surface area contributed by atoms with Crippen LogP contribution in [0.3, 0.4) is 0 Å². The fraction of sp³-hybridized carbons (Fsp3) is 0.300. The van der Waals surface area contributed by atoms with Gasteiger partial charge in [0.25, 0.3) is 0 Å². The largest absolute Gasteiger partial charge is 0.377 e. The van der Waals surface area contributed by atoms with E-state index in [-0.39, 0.29) is 12.0 Å². The number of ether oxygens (including phenoxy) is 1. The molecule has 5 nitrogen and oxygen atoms in total. The SMILES string of the molecule is c1ccc2[nH]c(C[C@@H](c3nc4ccccc4[nH]3)[C@@H]3CCCO3)nc2c1. The Morgan fingerprint density at radius 2 is 1.68 bits per heavy atom. The zero-order valence-electron chi connectivity index (χ0n) is 13.9. The van der Waals surface area contributed by atoms with Crippen molar-refractivity contribution in [1.82, 2.24) is 19.9 Å². The minimum atomic E-state index is 0.176. The van der Waals surface area contributed by atoms with Crippen molar-refractivity contribution >= 4 is 22.1 Å². The number of benzene rings is 2. The molecular formula is C20H20N4O. The van der Waals surface area contributed by atoms with Gasteiger partial charge in [0.1, 0.15) is 11.6 Å². The van der Waals surface area contributed by atoms with Crippen LogP contribution in [0.4, 0.5) is 0 Å². The third kappa shape index (κ3) is 2.70. The quantitative estimate of drug-likeness (QED) is 0.595. The van der Waals surface area contributed by atoms with Crippen LogP contribution in [0, 0.1) is 0 Å². The van der Waals surface area contributed by atoms with Crippen LogP contribution in [0.1, 0.15) is 30.4 Å². The number of imidazole rings is 2. The fourth-order valence-electron chi connectivity index (χ4n) is 3.78. The maximum atomic E-state index is 6.01. The molecule has 2 atom stereocenters. The number of hydrogen-bond acceptors (Lipinski definition) is 3. The first kappa shape index (κ1) is 14.7. The van der Waals surface area contributed by atoms with Crippen LogP contribution in [0.15, 0.2) is 48.5 Å². The van der Waals surface area contributed by atoms with Crippen molar-refractivity contribution in [2.45, 2.75) is 31.3 Å². The lowest BCUT2D eigenvalue weighted by molar-refractivity contribution is 0.0858. The molecule has 1 saturated heterocycles. The molecule has 4 aromatic rings. The Morgan fingerprint density at radius 3 is 2.36 bits per heavy atom. The lowest BCUT2D eigenvalue weighted by Crippen LogP contribution is -2.21. The van der Waals surface area contributed by atoms with Gasteiger partial charge in [0.05, 0.1) is 34.1 Å². The molecule has 1 fully saturated rings. The van der Waals surface area contributed by atoms with Crippen LogP contribution in [0.2, 0.25) is 0 Å². The predicted octanol–water partition coefficient (Wildman–Crippen LogP) is 3.94. The van der Waals surface area contributed by atoms with Crippen molar-refractivity contribution in [2.24, 2.45) is 0 Å². The zero-order valence-corrected chi connectivity index (χ0v) is 13.9. The van der Waals surface area contributed by atoms with E-state index in [1.807, 2.05) is 36.4 Å². The predicted molar refractivity (Wildman–Crippen MR) is 97.6 cm³/mol. The number of hydrogen-bond donors (Lipinski definition) is 2. The third-order valence-corrected chi connectivity index (χ3v) is 5.02. The highest BCUT2D eigenvalue weighted by atomic mass is 16.5. The summed E-state index contributed by atoms with van der Waals surface area (Å²) in [5, 5.41) is 0. The molecule has 5 heteroatoms. The molecule has 0 unspecified atom stereocenters. The molecular weight excluding hydrogens is 312 g/mol. The second kappa shape index (κ2) is 6.01. The number of rotatable bonds is 4. The summed E-state index contributed by atoms with van der Waals surface area (Å²) < 4.78 is 6.01. The van der Waals surface area contributed by atoms with Crippen molar-refractivity contribution < 1.29 is 4.74 Å². The van der Waals surface area contributed by atoms with Gasteiger partial charge >= 0.3 is 0 Å². The van der Waals surface area contributed by atoms with Crippen molar-refractivity contribution in [3.8, 4) is 0 Å². The Morgan fingerprint density at radius 1 is 0.960 bits per heavy atom. The van der Waals surface area contributed by atoms with Gasteiger partial charge in [0.15, 0.2) is 0 Å². The molecule has 1 aliphatic heterocycles. The Balaban J connectivity index is 1.53. The van der Waals surface area contributed by atoms with Gasteiger partial charge in [-0.1, -0.05) is 24.3 Å². The Labute approximate surface area is 145 Å². The van der Waals surface area contributed by atoms with E-state index in [1.165, 1.54) is 0 Å². The summed E-state index contributed by atoms with van der Waals surface area (Å²) in [6.07, 6.45) is 3.16. The number of H-pyrrole nitrogens is 2. The van der Waals surface area contributed by atoms with Gasteiger partial charge in [-0.2, -0.15) is 0 Å². The molecule has 25 heavy (non-hydrogen) atoms. The monoisotopic (exact) mass is 332 g/mol. The molecule has 1 aliphatic rings. The summed E-state index contributed by atoms with van der Waals surface area (Å²) >= 11 is 0. The number of fused-ring (bicyclic) bond motifs is 2. The van der Waals surface area contributed by atoms with Gasteiger partial charge in [0.2, 0.25) is 0 Å². The van der Waals surface area contributed by atoms with Gasteiger partial charge in [0, 0.05) is 13.0 Å². The lowest BCUT2D eigenvalue weighted by atomic mass is 9.95. The van der Waals surface area contributed by atoms with Crippen LogP contribution in [0.5, 0.6) is 0 Å². The summed E-state index contributed by atoms with van der Waals surface area (Å²) in [4.78, 5) is 16.5. The topological polar surface area (TPSA) is 66.6 Å². The molecule has 0 bridgehead atoms. The highest BCUT2D eigenvalue weighted by Crippen LogP contribution is 2.31. The van der Waals surface area contributed by atoms with Gasteiger partial charge in [-0.15, -0.1) is 0 Å². The average molecular weight is 332 g/mol. The molecule has 0 radical (unpaired) electrons. The van der Waals surface area contributed by atoms with E-state index in [2.05, 4.69) is 22.1 Å².